The van der Waals surface area contributed by atoms with Crippen LogP contribution in [0.4, 0.5) is 0 Å². The molecule has 2 amide bonds. The Kier molecular flexibility index (Phi) is 5.07. The number of hydrogen-bond donors (Lipinski definition) is 1. The number of nitrogens with one attached hydrogen (secondary N) is 1. The number of hydrogen-bond acceptors (Lipinski definition) is 3. The van der Waals surface area contributed by atoms with Gasteiger partial charge in [-0.2, -0.15) is 0 Å². The summed E-state index contributed by atoms with van der Waals surface area (Å²) in [7, 11) is 0. The Bertz CT molecular complexity index is 1170. The molecule has 1 fully saturated rings. The highest BCUT2D eigenvalue weighted by molar-refractivity contribution is 6.34. The Hall–Kier alpha value is -3.18. The van der Waals surface area contributed by atoms with E-state index >= 15 is 0 Å². The fraction of sp³-hybridized carbons (Fsp3) is 0.174. The SMILES string of the molecule is Cc1cccc(=O)n1-c1ccc(-c2cccc(C3CCC(=O)NC3=O)c2Cl)cc1. The van der Waals surface area contributed by atoms with Gasteiger partial charge in [0.25, 0.3) is 5.56 Å². The Balaban J connectivity index is 1.70. The minimum absolute atomic E-state index is 0.0874. The lowest BCUT2D eigenvalue weighted by Crippen LogP contribution is -2.39. The summed E-state index contributed by atoms with van der Waals surface area (Å²) in [5.41, 5.74) is 3.94. The van der Waals surface area contributed by atoms with Crippen molar-refractivity contribution in [3.8, 4) is 16.8 Å². The third-order valence-electron chi connectivity index (χ3n) is 5.23. The van der Waals surface area contributed by atoms with E-state index in [1.165, 1.54) is 6.07 Å². The summed E-state index contributed by atoms with van der Waals surface area (Å²) in [5, 5.41) is 2.88. The number of imide groups is 1. The van der Waals surface area contributed by atoms with Gasteiger partial charge >= 0.3 is 0 Å². The topological polar surface area (TPSA) is 68.2 Å². The lowest BCUT2D eigenvalue weighted by atomic mass is 9.88. The van der Waals surface area contributed by atoms with Crippen LogP contribution in [0.2, 0.25) is 5.02 Å². The van der Waals surface area contributed by atoms with E-state index < -0.39 is 5.92 Å². The molecule has 1 N–H and O–H groups in total. The molecule has 1 aliphatic heterocycles. The van der Waals surface area contributed by atoms with Crippen LogP contribution in [0.3, 0.4) is 0 Å². The minimum atomic E-state index is -0.440. The van der Waals surface area contributed by atoms with Gasteiger partial charge in [0.2, 0.25) is 11.8 Å². The first kappa shape index (κ1) is 19.2. The molecule has 0 radical (unpaired) electrons. The molecular weight excluding hydrogens is 388 g/mol. The summed E-state index contributed by atoms with van der Waals surface area (Å²) in [6.45, 7) is 1.88. The molecule has 0 spiro atoms. The highest BCUT2D eigenvalue weighted by atomic mass is 35.5. The summed E-state index contributed by atoms with van der Waals surface area (Å²) < 4.78 is 1.64. The van der Waals surface area contributed by atoms with Gasteiger partial charge in [0.1, 0.15) is 0 Å². The molecule has 29 heavy (non-hydrogen) atoms. The Morgan fingerprint density at radius 1 is 0.966 bits per heavy atom. The highest BCUT2D eigenvalue weighted by Crippen LogP contribution is 2.37. The van der Waals surface area contributed by atoms with Crippen molar-refractivity contribution in [3.05, 3.63) is 87.3 Å². The van der Waals surface area contributed by atoms with E-state index in [9.17, 15) is 14.4 Å². The highest BCUT2D eigenvalue weighted by Gasteiger charge is 2.30. The smallest absolute Gasteiger partial charge is 0.255 e. The quantitative estimate of drug-likeness (QED) is 0.669. The monoisotopic (exact) mass is 406 g/mol. The van der Waals surface area contributed by atoms with Gasteiger partial charge in [-0.25, -0.2) is 0 Å². The van der Waals surface area contributed by atoms with Crippen molar-refractivity contribution in [2.75, 3.05) is 0 Å². The standard InChI is InChI=1S/C23H19ClN2O3/c1-14-4-2-7-21(28)26(14)16-10-8-15(9-11-16)17-5-3-6-18(22(17)24)19-12-13-20(27)25-23(19)29/h2-11,19H,12-13H2,1H3,(H,25,27,29). The van der Waals surface area contributed by atoms with Crippen LogP contribution in [0, 0.1) is 6.92 Å². The van der Waals surface area contributed by atoms with Gasteiger partial charge in [-0.1, -0.05) is 48.0 Å². The van der Waals surface area contributed by atoms with E-state index in [0.717, 1.165) is 22.5 Å². The van der Waals surface area contributed by atoms with Gasteiger partial charge in [-0.3, -0.25) is 24.3 Å². The molecule has 6 heteroatoms. The van der Waals surface area contributed by atoms with Crippen LogP contribution in [-0.2, 0) is 9.59 Å². The second-order valence-corrected chi connectivity index (χ2v) is 7.48. The molecule has 1 saturated heterocycles. The van der Waals surface area contributed by atoms with Crippen LogP contribution in [0.1, 0.15) is 30.0 Å². The van der Waals surface area contributed by atoms with Gasteiger partial charge in [0.05, 0.1) is 10.9 Å². The van der Waals surface area contributed by atoms with E-state index in [2.05, 4.69) is 5.32 Å². The van der Waals surface area contributed by atoms with E-state index in [1.807, 2.05) is 55.5 Å². The van der Waals surface area contributed by atoms with Crippen molar-refractivity contribution < 1.29 is 9.59 Å². The van der Waals surface area contributed by atoms with Crippen molar-refractivity contribution in [3.63, 3.8) is 0 Å². The first-order chi connectivity index (χ1) is 14.0. The number of pyridine rings is 1. The number of nitrogens with zero attached hydrogens (tertiary/aromatic N) is 1. The summed E-state index contributed by atoms with van der Waals surface area (Å²) >= 11 is 6.67. The molecule has 0 saturated carbocycles. The average molecular weight is 407 g/mol. The summed E-state index contributed by atoms with van der Waals surface area (Å²) in [6.07, 6.45) is 0.750. The van der Waals surface area contributed by atoms with Crippen LogP contribution in [0.25, 0.3) is 16.8 Å². The molecule has 1 unspecified atom stereocenters. The van der Waals surface area contributed by atoms with E-state index in [4.69, 9.17) is 11.6 Å². The zero-order chi connectivity index (χ0) is 20.5. The number of benzene rings is 2. The first-order valence-electron chi connectivity index (χ1n) is 9.37. The fourth-order valence-corrected chi connectivity index (χ4v) is 4.11. The van der Waals surface area contributed by atoms with Crippen LogP contribution < -0.4 is 10.9 Å². The number of halogens is 1. The zero-order valence-electron chi connectivity index (χ0n) is 15.8. The first-order valence-corrected chi connectivity index (χ1v) is 9.75. The van der Waals surface area contributed by atoms with Crippen LogP contribution in [0.5, 0.6) is 0 Å². The van der Waals surface area contributed by atoms with Crippen molar-refractivity contribution in [2.24, 2.45) is 0 Å². The molecular formula is C23H19ClN2O3. The molecule has 5 nitrogen and oxygen atoms in total. The van der Waals surface area contributed by atoms with Gasteiger partial charge in [0, 0.05) is 29.4 Å². The maximum Gasteiger partial charge on any atom is 0.255 e. The van der Waals surface area contributed by atoms with E-state index in [0.29, 0.717) is 23.4 Å². The number of rotatable bonds is 3. The average Bonchev–Trinajstić information content (AvgIpc) is 2.69. The molecule has 2 aromatic carbocycles. The van der Waals surface area contributed by atoms with Crippen LogP contribution in [-0.4, -0.2) is 16.4 Å². The van der Waals surface area contributed by atoms with Gasteiger partial charge < -0.3 is 0 Å². The molecule has 2 heterocycles. The number of aromatic nitrogens is 1. The molecule has 0 bridgehead atoms. The lowest BCUT2D eigenvalue weighted by molar-refractivity contribution is -0.134. The number of aryl methyl sites for hydroxylation is 1. The third kappa shape index (κ3) is 3.61. The summed E-state index contributed by atoms with van der Waals surface area (Å²) in [5.74, 6) is -1.000. The van der Waals surface area contributed by atoms with Crippen molar-refractivity contribution in [2.45, 2.75) is 25.7 Å². The maximum absolute atomic E-state index is 12.2. The molecule has 1 aliphatic rings. The number of amides is 2. The minimum Gasteiger partial charge on any atom is -0.296 e. The number of carbonyl (C=O) groups excluding carboxylic acids is 2. The van der Waals surface area contributed by atoms with Gasteiger partial charge in [0.15, 0.2) is 0 Å². The third-order valence-corrected chi connectivity index (χ3v) is 5.65. The van der Waals surface area contributed by atoms with Crippen molar-refractivity contribution in [1.29, 1.82) is 0 Å². The van der Waals surface area contributed by atoms with Gasteiger partial charge in [-0.05, 0) is 42.7 Å². The van der Waals surface area contributed by atoms with Crippen LogP contribution >= 0.6 is 11.6 Å². The second-order valence-electron chi connectivity index (χ2n) is 7.10. The van der Waals surface area contributed by atoms with Crippen molar-refractivity contribution >= 4 is 23.4 Å². The van der Waals surface area contributed by atoms with Crippen molar-refractivity contribution in [1.82, 2.24) is 9.88 Å². The summed E-state index contributed by atoms with van der Waals surface area (Å²) in [6, 6.07) is 18.3. The molecule has 3 aromatic rings. The van der Waals surface area contributed by atoms with Gasteiger partial charge in [-0.15, -0.1) is 0 Å². The second kappa shape index (κ2) is 7.68. The fourth-order valence-electron chi connectivity index (χ4n) is 3.75. The Morgan fingerprint density at radius 3 is 2.38 bits per heavy atom. The molecule has 0 aliphatic carbocycles. The molecule has 146 valence electrons. The van der Waals surface area contributed by atoms with E-state index in [1.54, 1.807) is 10.6 Å². The number of piperidine rings is 1. The molecule has 4 rings (SSSR count). The molecule has 1 aromatic heterocycles. The van der Waals surface area contributed by atoms with Crippen LogP contribution in [0.15, 0.2) is 65.5 Å². The largest absolute Gasteiger partial charge is 0.296 e. The summed E-state index contributed by atoms with van der Waals surface area (Å²) in [4.78, 5) is 35.9. The lowest BCUT2D eigenvalue weighted by Gasteiger charge is -2.23. The Labute approximate surface area is 172 Å². The predicted octanol–water partition coefficient (Wildman–Crippen LogP) is 3.99. The Morgan fingerprint density at radius 2 is 1.69 bits per heavy atom. The normalized spacial score (nSPS) is 16.6. The molecule has 1 atom stereocenters. The van der Waals surface area contributed by atoms with E-state index in [-0.39, 0.29) is 17.4 Å². The maximum atomic E-state index is 12.2. The predicted molar refractivity (Wildman–Crippen MR) is 112 cm³/mol. The zero-order valence-corrected chi connectivity index (χ0v) is 16.6. The number of carbonyl (C=O) groups is 2.